The van der Waals surface area contributed by atoms with Crippen LogP contribution in [0.25, 0.3) is 11.1 Å². The number of hydrogen-bond acceptors (Lipinski definition) is 2. The number of aliphatic carboxylic acids is 1. The van der Waals surface area contributed by atoms with Crippen molar-refractivity contribution >= 4 is 17.6 Å². The van der Waals surface area contributed by atoms with Gasteiger partial charge in [-0.1, -0.05) is 54.1 Å². The molecule has 2 rings (SSSR count). The summed E-state index contributed by atoms with van der Waals surface area (Å²) in [6, 6.07) is 14.7. The van der Waals surface area contributed by atoms with Crippen molar-refractivity contribution < 1.29 is 15.0 Å². The van der Waals surface area contributed by atoms with Gasteiger partial charge in [-0.15, -0.1) is 0 Å². The standard InChI is InChI=1S/C16H13ClO3/c17-14-4-2-1-3-13(14)11-5-7-12(8-6-11)15(18)9-10-16(19)20/h1-10,15,18H,(H,19,20)/b10-9+. The molecule has 0 fully saturated rings. The van der Waals surface area contributed by atoms with Crippen molar-refractivity contribution in [2.75, 3.05) is 0 Å². The van der Waals surface area contributed by atoms with Crippen LogP contribution in [0.2, 0.25) is 5.02 Å². The number of carboxylic acids is 1. The third kappa shape index (κ3) is 3.47. The van der Waals surface area contributed by atoms with Gasteiger partial charge in [0.05, 0.1) is 6.10 Å². The molecule has 0 radical (unpaired) electrons. The minimum atomic E-state index is -1.09. The van der Waals surface area contributed by atoms with Crippen LogP contribution in [-0.4, -0.2) is 16.2 Å². The van der Waals surface area contributed by atoms with Gasteiger partial charge in [0.1, 0.15) is 0 Å². The van der Waals surface area contributed by atoms with Crippen molar-refractivity contribution in [1.82, 2.24) is 0 Å². The van der Waals surface area contributed by atoms with Crippen molar-refractivity contribution in [3.05, 3.63) is 71.3 Å². The van der Waals surface area contributed by atoms with Gasteiger partial charge in [0.25, 0.3) is 0 Å². The fourth-order valence-electron chi connectivity index (χ4n) is 1.84. The maximum Gasteiger partial charge on any atom is 0.328 e. The molecule has 2 N–H and O–H groups in total. The minimum Gasteiger partial charge on any atom is -0.478 e. The quantitative estimate of drug-likeness (QED) is 0.844. The summed E-state index contributed by atoms with van der Waals surface area (Å²) in [6.45, 7) is 0. The van der Waals surface area contributed by atoms with Crippen molar-refractivity contribution in [3.63, 3.8) is 0 Å². The molecule has 0 aliphatic heterocycles. The van der Waals surface area contributed by atoms with Crippen molar-refractivity contribution in [2.45, 2.75) is 6.10 Å². The number of rotatable bonds is 4. The largest absolute Gasteiger partial charge is 0.478 e. The molecule has 2 aromatic rings. The number of carboxylic acid groups (broad SMARTS) is 1. The molecule has 1 unspecified atom stereocenters. The van der Waals surface area contributed by atoms with Gasteiger partial charge in [0.2, 0.25) is 0 Å². The van der Waals surface area contributed by atoms with Crippen LogP contribution in [0.1, 0.15) is 11.7 Å². The third-order valence-corrected chi connectivity index (χ3v) is 3.19. The van der Waals surface area contributed by atoms with Gasteiger partial charge in [-0.3, -0.25) is 0 Å². The van der Waals surface area contributed by atoms with Gasteiger partial charge in [0, 0.05) is 16.7 Å². The monoisotopic (exact) mass is 288 g/mol. The Bertz CT molecular complexity index is 632. The molecule has 3 nitrogen and oxygen atoms in total. The Hall–Kier alpha value is -2.10. The van der Waals surface area contributed by atoms with E-state index in [4.69, 9.17) is 16.7 Å². The van der Waals surface area contributed by atoms with E-state index in [0.29, 0.717) is 10.6 Å². The molecule has 0 saturated carbocycles. The fourth-order valence-corrected chi connectivity index (χ4v) is 2.08. The molecule has 0 aliphatic rings. The number of aliphatic hydroxyl groups excluding tert-OH is 1. The summed E-state index contributed by atoms with van der Waals surface area (Å²) < 4.78 is 0. The second kappa shape index (κ2) is 6.37. The Kier molecular flexibility index (Phi) is 4.56. The van der Waals surface area contributed by atoms with Gasteiger partial charge in [-0.2, -0.15) is 0 Å². The topological polar surface area (TPSA) is 57.5 Å². The lowest BCUT2D eigenvalue weighted by molar-refractivity contribution is -0.131. The highest BCUT2D eigenvalue weighted by Gasteiger charge is 2.06. The molecule has 0 spiro atoms. The van der Waals surface area contributed by atoms with E-state index < -0.39 is 12.1 Å². The predicted molar refractivity (Wildman–Crippen MR) is 78.6 cm³/mol. The number of halogens is 1. The molecular formula is C16H13ClO3. The Morgan fingerprint density at radius 2 is 1.75 bits per heavy atom. The van der Waals surface area contributed by atoms with Crippen LogP contribution in [0, 0.1) is 0 Å². The van der Waals surface area contributed by atoms with E-state index in [-0.39, 0.29) is 0 Å². The van der Waals surface area contributed by atoms with E-state index in [1.807, 2.05) is 36.4 Å². The number of benzene rings is 2. The molecule has 0 saturated heterocycles. The van der Waals surface area contributed by atoms with Crippen molar-refractivity contribution in [3.8, 4) is 11.1 Å². The summed E-state index contributed by atoms with van der Waals surface area (Å²) in [5.41, 5.74) is 2.48. The first-order valence-electron chi connectivity index (χ1n) is 6.02. The molecule has 0 aliphatic carbocycles. The molecule has 4 heteroatoms. The first kappa shape index (κ1) is 14.3. The molecule has 1 atom stereocenters. The highest BCUT2D eigenvalue weighted by atomic mass is 35.5. The summed E-state index contributed by atoms with van der Waals surface area (Å²) in [5.74, 6) is -1.09. The zero-order valence-electron chi connectivity index (χ0n) is 10.5. The summed E-state index contributed by atoms with van der Waals surface area (Å²) in [4.78, 5) is 10.4. The first-order valence-corrected chi connectivity index (χ1v) is 6.40. The lowest BCUT2D eigenvalue weighted by atomic mass is 10.0. The van der Waals surface area contributed by atoms with E-state index in [0.717, 1.165) is 17.2 Å². The third-order valence-electron chi connectivity index (χ3n) is 2.86. The molecule has 0 aromatic heterocycles. The van der Waals surface area contributed by atoms with Crippen LogP contribution in [0.15, 0.2) is 60.7 Å². The van der Waals surface area contributed by atoms with Crippen molar-refractivity contribution in [2.24, 2.45) is 0 Å². The smallest absolute Gasteiger partial charge is 0.328 e. The van der Waals surface area contributed by atoms with Gasteiger partial charge >= 0.3 is 5.97 Å². The second-order valence-electron chi connectivity index (χ2n) is 4.24. The van der Waals surface area contributed by atoms with E-state index in [9.17, 15) is 9.90 Å². The average molecular weight is 289 g/mol. The van der Waals surface area contributed by atoms with Gasteiger partial charge in [-0.25, -0.2) is 4.79 Å². The maximum absolute atomic E-state index is 10.4. The fraction of sp³-hybridized carbons (Fsp3) is 0.0625. The van der Waals surface area contributed by atoms with E-state index >= 15 is 0 Å². The lowest BCUT2D eigenvalue weighted by Gasteiger charge is -2.08. The molecule has 0 amide bonds. The van der Waals surface area contributed by atoms with E-state index in [1.165, 1.54) is 6.08 Å². The second-order valence-corrected chi connectivity index (χ2v) is 4.65. The number of hydrogen-bond donors (Lipinski definition) is 2. The zero-order chi connectivity index (χ0) is 14.5. The van der Waals surface area contributed by atoms with Crippen LogP contribution >= 0.6 is 11.6 Å². The van der Waals surface area contributed by atoms with Gasteiger partial charge < -0.3 is 10.2 Å². The Balaban J connectivity index is 2.23. The van der Waals surface area contributed by atoms with Crippen LogP contribution < -0.4 is 0 Å². The predicted octanol–water partition coefficient (Wildman–Crippen LogP) is 3.68. The highest BCUT2D eigenvalue weighted by molar-refractivity contribution is 6.33. The van der Waals surface area contributed by atoms with Gasteiger partial charge in [0.15, 0.2) is 0 Å². The van der Waals surface area contributed by atoms with Crippen LogP contribution in [0.5, 0.6) is 0 Å². The van der Waals surface area contributed by atoms with Crippen LogP contribution in [0.3, 0.4) is 0 Å². The Labute approximate surface area is 121 Å². The van der Waals surface area contributed by atoms with E-state index in [1.54, 1.807) is 12.1 Å². The lowest BCUT2D eigenvalue weighted by Crippen LogP contribution is -1.95. The summed E-state index contributed by atoms with van der Waals surface area (Å²) in [6.07, 6.45) is 1.21. The Morgan fingerprint density at radius 1 is 1.10 bits per heavy atom. The molecule has 102 valence electrons. The number of carbonyl (C=O) groups is 1. The Morgan fingerprint density at radius 3 is 2.35 bits per heavy atom. The SMILES string of the molecule is O=C(O)/C=C/C(O)c1ccc(-c2ccccc2Cl)cc1. The zero-order valence-corrected chi connectivity index (χ0v) is 11.3. The minimum absolute atomic E-state index is 0.623. The van der Waals surface area contributed by atoms with E-state index in [2.05, 4.69) is 0 Å². The summed E-state index contributed by atoms with van der Waals surface area (Å²) in [7, 11) is 0. The summed E-state index contributed by atoms with van der Waals surface area (Å²) in [5, 5.41) is 19.0. The highest BCUT2D eigenvalue weighted by Crippen LogP contribution is 2.28. The summed E-state index contributed by atoms with van der Waals surface area (Å²) >= 11 is 6.12. The molecule has 0 heterocycles. The molecule has 20 heavy (non-hydrogen) atoms. The normalized spacial score (nSPS) is 12.5. The maximum atomic E-state index is 10.4. The first-order chi connectivity index (χ1) is 9.58. The molecular weight excluding hydrogens is 276 g/mol. The number of aliphatic hydroxyl groups is 1. The van der Waals surface area contributed by atoms with Crippen molar-refractivity contribution in [1.29, 1.82) is 0 Å². The van der Waals surface area contributed by atoms with Crippen LogP contribution in [-0.2, 0) is 4.79 Å². The molecule has 0 bridgehead atoms. The van der Waals surface area contributed by atoms with Crippen LogP contribution in [0.4, 0.5) is 0 Å². The van der Waals surface area contributed by atoms with Gasteiger partial charge in [-0.05, 0) is 23.3 Å². The molecule has 2 aromatic carbocycles. The average Bonchev–Trinajstić information content (AvgIpc) is 2.45.